The lowest BCUT2D eigenvalue weighted by Gasteiger charge is -2.26. The highest BCUT2D eigenvalue weighted by molar-refractivity contribution is 6.08. The van der Waals surface area contributed by atoms with Crippen molar-refractivity contribution in [1.29, 1.82) is 0 Å². The average Bonchev–Trinajstić information content (AvgIpc) is 2.79. The molecule has 0 atom stereocenters. The number of aromatic nitrogens is 2. The van der Waals surface area contributed by atoms with Crippen molar-refractivity contribution in [3.05, 3.63) is 85.8 Å². The first-order chi connectivity index (χ1) is 15.8. The Morgan fingerprint density at radius 2 is 1.94 bits per heavy atom. The number of benzene rings is 2. The monoisotopic (exact) mass is 454 g/mol. The molecule has 3 aromatic rings. The number of nitrogens with two attached hydrogens (primary N) is 1. The minimum Gasteiger partial charge on any atom is -0.496 e. The summed E-state index contributed by atoms with van der Waals surface area (Å²) in [4.78, 5) is 42.4. The second kappa shape index (κ2) is 10.2. The first kappa shape index (κ1) is 23.8. The van der Waals surface area contributed by atoms with E-state index in [1.165, 1.54) is 23.8 Å². The van der Waals surface area contributed by atoms with Crippen molar-refractivity contribution in [3.8, 4) is 5.75 Å². The third-order valence-electron chi connectivity index (χ3n) is 5.42. The van der Waals surface area contributed by atoms with Crippen LogP contribution in [-0.4, -0.2) is 22.6 Å². The third-order valence-corrected chi connectivity index (χ3v) is 5.42. The number of anilines is 2. The lowest BCUT2D eigenvalue weighted by Crippen LogP contribution is -2.41. The van der Waals surface area contributed by atoms with Crippen molar-refractivity contribution in [2.45, 2.75) is 39.8 Å². The van der Waals surface area contributed by atoms with E-state index in [0.717, 1.165) is 17.4 Å². The quantitative estimate of drug-likeness (QED) is 0.543. The van der Waals surface area contributed by atoms with Crippen LogP contribution in [-0.2, 0) is 13.1 Å². The van der Waals surface area contributed by atoms with Gasteiger partial charge in [0.25, 0.3) is 11.5 Å². The van der Waals surface area contributed by atoms with Crippen molar-refractivity contribution in [1.82, 2.24) is 9.55 Å². The SMILES string of the molecule is CCCCn1c(N)c(N(Cc2ccccc2OC)C(=O)c2cc(F)ccc2C)c(=O)[nH]c1=O. The van der Waals surface area contributed by atoms with E-state index < -0.39 is 23.0 Å². The molecule has 0 bridgehead atoms. The zero-order valence-electron chi connectivity index (χ0n) is 18.9. The molecule has 33 heavy (non-hydrogen) atoms. The number of amides is 1. The van der Waals surface area contributed by atoms with E-state index in [2.05, 4.69) is 4.98 Å². The second-order valence-corrected chi connectivity index (χ2v) is 7.66. The van der Waals surface area contributed by atoms with Crippen LogP contribution in [0, 0.1) is 12.7 Å². The summed E-state index contributed by atoms with van der Waals surface area (Å²) in [6.45, 7) is 3.82. The van der Waals surface area contributed by atoms with Gasteiger partial charge in [-0.05, 0) is 37.1 Å². The minimum atomic E-state index is -0.803. The van der Waals surface area contributed by atoms with Crippen LogP contribution < -0.4 is 26.6 Å². The number of nitrogen functional groups attached to an aromatic ring is 1. The summed E-state index contributed by atoms with van der Waals surface area (Å²) in [6, 6.07) is 10.9. The van der Waals surface area contributed by atoms with Gasteiger partial charge in [0, 0.05) is 17.7 Å². The standard InChI is InChI=1S/C24H27FN4O4/c1-4-5-12-28-21(26)20(22(30)27-24(28)32)29(14-16-8-6-7-9-19(16)33-3)23(31)18-13-17(25)11-10-15(18)2/h6-11,13H,4-5,12,14,26H2,1-3H3,(H,27,30,32). The molecule has 0 unspecified atom stereocenters. The number of para-hydroxylation sites is 1. The van der Waals surface area contributed by atoms with Crippen LogP contribution in [0.1, 0.15) is 41.3 Å². The predicted molar refractivity (Wildman–Crippen MR) is 125 cm³/mol. The fourth-order valence-electron chi connectivity index (χ4n) is 3.60. The van der Waals surface area contributed by atoms with Crippen LogP contribution in [0.4, 0.5) is 15.9 Å². The summed E-state index contributed by atoms with van der Waals surface area (Å²) < 4.78 is 20.6. The summed E-state index contributed by atoms with van der Waals surface area (Å²) in [5, 5.41) is 0. The number of halogens is 1. The number of hydrogen-bond donors (Lipinski definition) is 2. The molecule has 2 aromatic carbocycles. The van der Waals surface area contributed by atoms with Crippen LogP contribution in [0.3, 0.4) is 0 Å². The number of carbonyl (C=O) groups is 1. The summed E-state index contributed by atoms with van der Waals surface area (Å²) >= 11 is 0. The topological polar surface area (TPSA) is 110 Å². The van der Waals surface area contributed by atoms with Crippen molar-refractivity contribution in [3.63, 3.8) is 0 Å². The smallest absolute Gasteiger partial charge is 0.330 e. The second-order valence-electron chi connectivity index (χ2n) is 7.66. The fraction of sp³-hybridized carbons (Fsp3) is 0.292. The largest absolute Gasteiger partial charge is 0.496 e. The number of nitrogens with one attached hydrogen (secondary N) is 1. The van der Waals surface area contributed by atoms with Crippen LogP contribution in [0.5, 0.6) is 5.75 Å². The Labute approximate surface area is 190 Å². The van der Waals surface area contributed by atoms with Gasteiger partial charge < -0.3 is 10.5 Å². The molecule has 0 aliphatic carbocycles. The van der Waals surface area contributed by atoms with Crippen molar-refractivity contribution in [2.75, 3.05) is 17.7 Å². The molecule has 0 radical (unpaired) electrons. The molecule has 0 aliphatic rings. The van der Waals surface area contributed by atoms with Gasteiger partial charge in [-0.25, -0.2) is 9.18 Å². The lowest BCUT2D eigenvalue weighted by molar-refractivity contribution is 0.0983. The lowest BCUT2D eigenvalue weighted by atomic mass is 10.1. The van der Waals surface area contributed by atoms with E-state index in [9.17, 15) is 18.8 Å². The maximum atomic E-state index is 14.0. The van der Waals surface area contributed by atoms with Crippen molar-refractivity contribution in [2.24, 2.45) is 0 Å². The predicted octanol–water partition coefficient (Wildman–Crippen LogP) is 3.22. The van der Waals surface area contributed by atoms with Gasteiger partial charge in [-0.1, -0.05) is 37.6 Å². The molecule has 174 valence electrons. The number of aryl methyl sites for hydroxylation is 1. The zero-order chi connectivity index (χ0) is 24.1. The van der Waals surface area contributed by atoms with Gasteiger partial charge in [0.15, 0.2) is 5.69 Å². The van der Waals surface area contributed by atoms with Gasteiger partial charge in [0.1, 0.15) is 17.4 Å². The van der Waals surface area contributed by atoms with E-state index in [0.29, 0.717) is 23.3 Å². The Balaban J connectivity index is 2.23. The number of carbonyl (C=O) groups excluding carboxylic acids is 1. The highest BCUT2D eigenvalue weighted by Crippen LogP contribution is 2.27. The molecule has 3 N–H and O–H groups in total. The Morgan fingerprint density at radius 3 is 2.64 bits per heavy atom. The van der Waals surface area contributed by atoms with Crippen LogP contribution in [0.25, 0.3) is 0 Å². The van der Waals surface area contributed by atoms with Gasteiger partial charge >= 0.3 is 5.69 Å². The van der Waals surface area contributed by atoms with Gasteiger partial charge in [0.05, 0.1) is 13.7 Å². The van der Waals surface area contributed by atoms with E-state index in [-0.39, 0.29) is 30.2 Å². The van der Waals surface area contributed by atoms with Crippen LogP contribution >= 0.6 is 0 Å². The Bertz CT molecular complexity index is 1280. The molecule has 8 nitrogen and oxygen atoms in total. The van der Waals surface area contributed by atoms with Crippen LogP contribution in [0.15, 0.2) is 52.1 Å². The maximum Gasteiger partial charge on any atom is 0.330 e. The maximum absolute atomic E-state index is 14.0. The number of aromatic amines is 1. The molecule has 3 rings (SSSR count). The summed E-state index contributed by atoms with van der Waals surface area (Å²) in [5.74, 6) is -0.846. The van der Waals surface area contributed by atoms with Crippen molar-refractivity contribution >= 4 is 17.4 Å². The molecule has 9 heteroatoms. The zero-order valence-corrected chi connectivity index (χ0v) is 18.9. The fourth-order valence-corrected chi connectivity index (χ4v) is 3.60. The van der Waals surface area contributed by atoms with Gasteiger partial charge in [0.2, 0.25) is 0 Å². The molecule has 0 spiro atoms. The van der Waals surface area contributed by atoms with Gasteiger partial charge in [-0.2, -0.15) is 0 Å². The number of H-pyrrole nitrogens is 1. The first-order valence-electron chi connectivity index (χ1n) is 10.6. The Hall–Kier alpha value is -3.88. The molecule has 0 saturated carbocycles. The Kier molecular flexibility index (Phi) is 7.32. The van der Waals surface area contributed by atoms with E-state index in [4.69, 9.17) is 10.5 Å². The number of rotatable bonds is 8. The molecular weight excluding hydrogens is 427 g/mol. The molecular formula is C24H27FN4O4. The summed E-state index contributed by atoms with van der Waals surface area (Å²) in [7, 11) is 1.49. The summed E-state index contributed by atoms with van der Waals surface area (Å²) in [5.41, 5.74) is 5.86. The van der Waals surface area contributed by atoms with Crippen LogP contribution in [0.2, 0.25) is 0 Å². The number of nitrogens with zero attached hydrogens (tertiary/aromatic N) is 2. The normalized spacial score (nSPS) is 10.8. The molecule has 1 aromatic heterocycles. The molecule has 1 heterocycles. The van der Waals surface area contributed by atoms with E-state index >= 15 is 0 Å². The molecule has 0 aliphatic heterocycles. The van der Waals surface area contributed by atoms with E-state index in [1.54, 1.807) is 31.2 Å². The van der Waals surface area contributed by atoms with Gasteiger partial charge in [-0.15, -0.1) is 0 Å². The molecule has 0 fully saturated rings. The number of unbranched alkanes of at least 4 members (excludes halogenated alkanes) is 1. The highest BCUT2D eigenvalue weighted by Gasteiger charge is 2.27. The van der Waals surface area contributed by atoms with E-state index in [1.807, 2.05) is 6.92 Å². The summed E-state index contributed by atoms with van der Waals surface area (Å²) in [6.07, 6.45) is 1.45. The number of methoxy groups -OCH3 is 1. The third kappa shape index (κ3) is 4.97. The van der Waals surface area contributed by atoms with Gasteiger partial charge in [-0.3, -0.25) is 24.0 Å². The number of hydrogen-bond acceptors (Lipinski definition) is 5. The molecule has 0 saturated heterocycles. The first-order valence-corrected chi connectivity index (χ1v) is 10.6. The van der Waals surface area contributed by atoms with Crippen molar-refractivity contribution < 1.29 is 13.9 Å². The minimum absolute atomic E-state index is 0.0787. The average molecular weight is 455 g/mol. The molecule has 1 amide bonds. The highest BCUT2D eigenvalue weighted by atomic mass is 19.1. The number of ether oxygens (including phenoxy) is 1. The Morgan fingerprint density at radius 1 is 1.21 bits per heavy atom.